The van der Waals surface area contributed by atoms with Crippen molar-refractivity contribution in [3.8, 4) is 11.1 Å². The summed E-state index contributed by atoms with van der Waals surface area (Å²) in [7, 11) is 0. The van der Waals surface area contributed by atoms with Crippen molar-refractivity contribution in [1.29, 1.82) is 0 Å². The number of benzene rings is 5. The second-order valence-electron chi connectivity index (χ2n) is 17.9. The third-order valence-corrected chi connectivity index (χ3v) is 14.3. The Hall–Kier alpha value is -6.38. The Morgan fingerprint density at radius 2 is 1.46 bits per heavy atom. The van der Waals surface area contributed by atoms with Gasteiger partial charge in [0.1, 0.15) is 0 Å². The van der Waals surface area contributed by atoms with Gasteiger partial charge in [-0.2, -0.15) is 0 Å². The molecule has 5 atom stereocenters. The average molecular weight is 761 g/mol. The van der Waals surface area contributed by atoms with Crippen molar-refractivity contribution in [1.82, 2.24) is 4.57 Å². The fraction of sp³-hybridized carbons (Fsp3) is 0.193. The molecule has 0 spiro atoms. The molecule has 5 aliphatic carbocycles. The molecular formula is C57H48N2. The number of para-hydroxylation sites is 2. The van der Waals surface area contributed by atoms with Gasteiger partial charge in [-0.05, 0) is 94.1 Å². The first-order chi connectivity index (χ1) is 29.0. The smallest absolute Gasteiger partial charge is 0.0629 e. The molecule has 2 heterocycles. The van der Waals surface area contributed by atoms with Crippen molar-refractivity contribution in [3.63, 3.8) is 0 Å². The van der Waals surface area contributed by atoms with Gasteiger partial charge in [0.05, 0.1) is 11.6 Å². The van der Waals surface area contributed by atoms with E-state index in [1.807, 2.05) is 0 Å². The summed E-state index contributed by atoms with van der Waals surface area (Å²) >= 11 is 0. The Bertz CT molecular complexity index is 3030. The Labute approximate surface area is 347 Å². The van der Waals surface area contributed by atoms with Crippen LogP contribution in [0.3, 0.4) is 0 Å². The molecule has 12 rings (SSSR count). The van der Waals surface area contributed by atoms with Crippen LogP contribution < -0.4 is 15.5 Å². The van der Waals surface area contributed by atoms with E-state index < -0.39 is 0 Å². The van der Waals surface area contributed by atoms with E-state index in [4.69, 9.17) is 0 Å². The fourth-order valence-electron chi connectivity index (χ4n) is 11.4. The zero-order valence-electron chi connectivity index (χ0n) is 33.8. The summed E-state index contributed by atoms with van der Waals surface area (Å²) in [5.41, 5.74) is 16.5. The quantitative estimate of drug-likeness (QED) is 0.170. The van der Waals surface area contributed by atoms with Gasteiger partial charge in [-0.3, -0.25) is 0 Å². The third-order valence-electron chi connectivity index (χ3n) is 14.3. The lowest BCUT2D eigenvalue weighted by Gasteiger charge is -2.31. The SMILES string of the molecule is CC1(C)c2ccccc2-c2cc(N3c4ccccc4C4C=C(C5C=c6c(n(C7=CC(C8C=CC=CC8)=CC(c8ccccc8)C7)c7ccccc67)=CC5)C=CC43)ccc21. The van der Waals surface area contributed by atoms with Gasteiger partial charge in [0, 0.05) is 62.1 Å². The van der Waals surface area contributed by atoms with Crippen LogP contribution in [0.25, 0.3) is 39.9 Å². The second-order valence-corrected chi connectivity index (χ2v) is 17.9. The maximum absolute atomic E-state index is 2.60. The summed E-state index contributed by atoms with van der Waals surface area (Å²) < 4.78 is 2.60. The van der Waals surface area contributed by atoms with Crippen LogP contribution in [0.4, 0.5) is 11.4 Å². The van der Waals surface area contributed by atoms with Crippen LogP contribution in [-0.2, 0) is 5.41 Å². The molecule has 0 N–H and O–H groups in total. The molecule has 59 heavy (non-hydrogen) atoms. The number of rotatable bonds is 5. The minimum Gasteiger partial charge on any atom is -0.333 e. The average Bonchev–Trinajstić information content (AvgIpc) is 3.89. The molecule has 1 aromatic heterocycles. The number of nitrogens with zero attached hydrogens (tertiary/aromatic N) is 2. The Balaban J connectivity index is 0.918. The minimum atomic E-state index is 0.000243. The van der Waals surface area contributed by atoms with Gasteiger partial charge in [0.2, 0.25) is 0 Å². The predicted molar refractivity (Wildman–Crippen MR) is 247 cm³/mol. The molecule has 6 aromatic rings. The zero-order chi connectivity index (χ0) is 39.2. The number of anilines is 2. The standard InChI is InChI=1S/C57H48N2/c1-57(2)51-22-12-9-19-45(51)48-36-43(27-28-52(48)57)58-53-23-13-10-20-46(53)49-34-39(25-29-55(49)58)40-26-30-56-50(35-40)47-21-11-14-24-54(47)59(56)44-32-41(37-15-5-3-6-16-37)31-42(33-44)38-17-7-4-8-18-38/h3-17,19-25,27-31,33-36,38,40-41,49,55H,18,26,32H2,1-2H3. The number of aromatic nitrogens is 1. The first kappa shape index (κ1) is 34.6. The van der Waals surface area contributed by atoms with Crippen molar-refractivity contribution < 1.29 is 0 Å². The molecule has 0 bridgehead atoms. The molecular weight excluding hydrogens is 713 g/mol. The van der Waals surface area contributed by atoms with E-state index in [0.29, 0.717) is 17.8 Å². The molecule has 286 valence electrons. The molecule has 2 heteroatoms. The van der Waals surface area contributed by atoms with E-state index in [0.717, 1.165) is 19.3 Å². The lowest BCUT2D eigenvalue weighted by Crippen LogP contribution is -2.34. The van der Waals surface area contributed by atoms with Gasteiger partial charge >= 0.3 is 0 Å². The lowest BCUT2D eigenvalue weighted by atomic mass is 9.81. The van der Waals surface area contributed by atoms with Crippen molar-refractivity contribution in [3.05, 3.63) is 220 Å². The Kier molecular flexibility index (Phi) is 7.83. The summed E-state index contributed by atoms with van der Waals surface area (Å²) in [6.45, 7) is 4.73. The molecule has 5 unspecified atom stereocenters. The summed E-state index contributed by atoms with van der Waals surface area (Å²) in [6.07, 6.45) is 29.8. The highest BCUT2D eigenvalue weighted by Gasteiger charge is 2.41. The van der Waals surface area contributed by atoms with Gasteiger partial charge in [-0.25, -0.2) is 0 Å². The van der Waals surface area contributed by atoms with Crippen LogP contribution in [0, 0.1) is 11.8 Å². The van der Waals surface area contributed by atoms with E-state index in [9.17, 15) is 0 Å². The van der Waals surface area contributed by atoms with E-state index in [2.05, 4.69) is 211 Å². The van der Waals surface area contributed by atoms with Crippen molar-refractivity contribution in [2.75, 3.05) is 4.90 Å². The van der Waals surface area contributed by atoms with Crippen LogP contribution >= 0.6 is 0 Å². The van der Waals surface area contributed by atoms with Gasteiger partial charge in [0.15, 0.2) is 0 Å². The number of allylic oxidation sites excluding steroid dienone is 10. The normalized spacial score (nSPS) is 24.2. The highest BCUT2D eigenvalue weighted by Crippen LogP contribution is 2.53. The highest BCUT2D eigenvalue weighted by atomic mass is 15.2. The third kappa shape index (κ3) is 5.39. The van der Waals surface area contributed by atoms with E-state index >= 15 is 0 Å². The largest absolute Gasteiger partial charge is 0.333 e. The van der Waals surface area contributed by atoms with Gasteiger partial charge < -0.3 is 9.47 Å². The van der Waals surface area contributed by atoms with Crippen LogP contribution in [0.5, 0.6) is 0 Å². The molecule has 5 aromatic carbocycles. The zero-order valence-corrected chi connectivity index (χ0v) is 33.8. The summed E-state index contributed by atoms with van der Waals surface area (Å²) in [5, 5.41) is 4.06. The second kappa shape index (κ2) is 13.3. The van der Waals surface area contributed by atoms with Crippen molar-refractivity contribution in [2.45, 2.75) is 56.4 Å². The van der Waals surface area contributed by atoms with Crippen LogP contribution in [0.1, 0.15) is 67.2 Å². The van der Waals surface area contributed by atoms with Crippen molar-refractivity contribution >= 4 is 40.1 Å². The summed E-state index contributed by atoms with van der Waals surface area (Å²) in [4.78, 5) is 2.60. The monoisotopic (exact) mass is 760 g/mol. The van der Waals surface area contributed by atoms with Crippen LogP contribution in [0.2, 0.25) is 0 Å². The molecule has 2 nitrogen and oxygen atoms in total. The van der Waals surface area contributed by atoms with E-state index in [1.165, 1.54) is 83.1 Å². The number of fused-ring (bicyclic) bond motifs is 9. The lowest BCUT2D eigenvalue weighted by molar-refractivity contribution is 0.660. The summed E-state index contributed by atoms with van der Waals surface area (Å²) in [5.74, 6) is 1.33. The molecule has 6 aliphatic rings. The molecule has 0 saturated heterocycles. The molecule has 1 aliphatic heterocycles. The van der Waals surface area contributed by atoms with Gasteiger partial charge in [0.25, 0.3) is 0 Å². The Morgan fingerprint density at radius 1 is 0.644 bits per heavy atom. The molecule has 0 saturated carbocycles. The van der Waals surface area contributed by atoms with Crippen LogP contribution in [-0.4, -0.2) is 10.6 Å². The van der Waals surface area contributed by atoms with E-state index in [1.54, 1.807) is 0 Å². The van der Waals surface area contributed by atoms with Gasteiger partial charge in [-0.15, -0.1) is 0 Å². The Morgan fingerprint density at radius 3 is 2.36 bits per heavy atom. The maximum Gasteiger partial charge on any atom is 0.0629 e. The van der Waals surface area contributed by atoms with Crippen LogP contribution in [0.15, 0.2) is 187 Å². The topological polar surface area (TPSA) is 8.17 Å². The number of hydrogen-bond donors (Lipinski definition) is 0. The summed E-state index contributed by atoms with van der Waals surface area (Å²) in [6, 6.07) is 45.7. The van der Waals surface area contributed by atoms with E-state index in [-0.39, 0.29) is 17.4 Å². The van der Waals surface area contributed by atoms with Crippen molar-refractivity contribution in [2.24, 2.45) is 11.8 Å². The maximum atomic E-state index is 2.60. The molecule has 0 fully saturated rings. The number of hydrogen-bond acceptors (Lipinski definition) is 1. The molecule has 0 amide bonds. The predicted octanol–water partition coefficient (Wildman–Crippen LogP) is 12.4. The molecule has 0 radical (unpaired) electrons. The first-order valence-electron chi connectivity index (χ1n) is 21.7. The minimum absolute atomic E-state index is 0.000243. The van der Waals surface area contributed by atoms with Gasteiger partial charge in [-0.1, -0.05) is 172 Å². The highest BCUT2D eigenvalue weighted by molar-refractivity contribution is 5.88. The fourth-order valence-corrected chi connectivity index (χ4v) is 11.4. The first-order valence-corrected chi connectivity index (χ1v) is 21.7.